The Morgan fingerprint density at radius 2 is 1.37 bits per heavy atom. The maximum absolute atomic E-state index is 12.9. The van der Waals surface area contributed by atoms with Gasteiger partial charge in [-0.3, -0.25) is 9.59 Å². The lowest BCUT2D eigenvalue weighted by Gasteiger charge is -2.17. The number of amides is 2. The van der Waals surface area contributed by atoms with Crippen LogP contribution in [0, 0.1) is 26.7 Å². The van der Waals surface area contributed by atoms with Crippen LogP contribution in [-0.2, 0) is 9.59 Å². The number of rotatable bonds is 7. The number of nitrogens with one attached hydrogen (secondary N) is 3. The molecule has 3 aromatic carbocycles. The van der Waals surface area contributed by atoms with Gasteiger partial charge in [0.2, 0.25) is 17.8 Å². The molecule has 1 saturated heterocycles. The zero-order valence-electron chi connectivity index (χ0n) is 21.7. The average molecular weight is 507 g/mol. The number of carbonyl (C=O) groups excluding carboxylic acids is 2. The molecular weight excluding hydrogens is 476 g/mol. The Balaban J connectivity index is 1.20. The summed E-state index contributed by atoms with van der Waals surface area (Å²) in [7, 11) is 0. The van der Waals surface area contributed by atoms with Crippen molar-refractivity contribution in [3.8, 4) is 0 Å². The first-order valence-electron chi connectivity index (χ1n) is 12.6. The molecule has 38 heavy (non-hydrogen) atoms. The summed E-state index contributed by atoms with van der Waals surface area (Å²) in [5, 5.41) is 9.48. The molecule has 192 valence electrons. The number of carbonyl (C=O) groups is 2. The Morgan fingerprint density at radius 1 is 0.789 bits per heavy atom. The van der Waals surface area contributed by atoms with E-state index in [1.165, 1.54) is 5.56 Å². The maximum atomic E-state index is 12.9. The Labute approximate surface area is 222 Å². The fraction of sp³-hybridized carbons (Fsp3) is 0.200. The number of benzene rings is 3. The topological polar surface area (TPSA) is 99.2 Å². The number of anilines is 6. The van der Waals surface area contributed by atoms with Crippen molar-refractivity contribution in [2.24, 2.45) is 5.92 Å². The van der Waals surface area contributed by atoms with Crippen molar-refractivity contribution in [1.82, 2.24) is 9.97 Å². The third-order valence-electron chi connectivity index (χ3n) is 6.43. The minimum Gasteiger partial charge on any atom is -0.340 e. The highest BCUT2D eigenvalue weighted by Gasteiger charge is 2.35. The molecule has 4 aromatic rings. The van der Waals surface area contributed by atoms with Crippen molar-refractivity contribution in [2.45, 2.75) is 27.2 Å². The van der Waals surface area contributed by atoms with Gasteiger partial charge in [0.25, 0.3) is 0 Å². The van der Waals surface area contributed by atoms with E-state index in [0.29, 0.717) is 24.0 Å². The van der Waals surface area contributed by atoms with Crippen molar-refractivity contribution in [3.63, 3.8) is 0 Å². The summed E-state index contributed by atoms with van der Waals surface area (Å²) in [6.07, 6.45) is 0.200. The summed E-state index contributed by atoms with van der Waals surface area (Å²) in [6, 6.07) is 25.1. The van der Waals surface area contributed by atoms with E-state index in [2.05, 4.69) is 25.9 Å². The maximum Gasteiger partial charge on any atom is 0.229 e. The van der Waals surface area contributed by atoms with Gasteiger partial charge in [0.1, 0.15) is 5.82 Å². The number of hydrogen-bond acceptors (Lipinski definition) is 6. The third-order valence-corrected chi connectivity index (χ3v) is 6.43. The zero-order valence-corrected chi connectivity index (χ0v) is 21.7. The van der Waals surface area contributed by atoms with E-state index >= 15 is 0 Å². The van der Waals surface area contributed by atoms with Crippen LogP contribution in [0.1, 0.15) is 23.2 Å². The van der Waals surface area contributed by atoms with Gasteiger partial charge in [0.15, 0.2) is 0 Å². The summed E-state index contributed by atoms with van der Waals surface area (Å²) in [5.74, 6) is 0.567. The van der Waals surface area contributed by atoms with E-state index < -0.39 is 5.92 Å². The Bertz CT molecular complexity index is 1450. The summed E-state index contributed by atoms with van der Waals surface area (Å²) in [4.78, 5) is 36.1. The quantitative estimate of drug-likeness (QED) is 0.289. The van der Waals surface area contributed by atoms with E-state index in [0.717, 1.165) is 28.3 Å². The normalized spacial score (nSPS) is 14.9. The predicted molar refractivity (Wildman–Crippen MR) is 151 cm³/mol. The molecule has 0 aliphatic carbocycles. The molecule has 1 aliphatic rings. The van der Waals surface area contributed by atoms with Gasteiger partial charge in [-0.15, -0.1) is 0 Å². The van der Waals surface area contributed by atoms with Gasteiger partial charge in [0.05, 0.1) is 5.92 Å². The Hall–Kier alpha value is -4.72. The molecule has 1 aromatic heterocycles. The minimum atomic E-state index is -0.398. The summed E-state index contributed by atoms with van der Waals surface area (Å²) in [5.41, 5.74) is 6.37. The lowest BCUT2D eigenvalue weighted by Crippen LogP contribution is -2.28. The molecule has 0 saturated carbocycles. The molecule has 1 unspecified atom stereocenters. The molecule has 0 bridgehead atoms. The minimum absolute atomic E-state index is 0.0371. The molecule has 1 fully saturated rings. The summed E-state index contributed by atoms with van der Waals surface area (Å²) in [6.45, 7) is 6.34. The van der Waals surface area contributed by atoms with Crippen LogP contribution in [-0.4, -0.2) is 28.3 Å². The van der Waals surface area contributed by atoms with Crippen LogP contribution in [0.2, 0.25) is 0 Å². The fourth-order valence-corrected chi connectivity index (χ4v) is 4.34. The largest absolute Gasteiger partial charge is 0.340 e. The van der Waals surface area contributed by atoms with Crippen molar-refractivity contribution in [3.05, 3.63) is 95.7 Å². The molecule has 8 heteroatoms. The SMILES string of the molecule is Cc1ccc(Nc2nc(C)cc(Nc3ccc(NC(=O)C4CC(=O)N(c5ccc(C)cc5)C4)cc3)n2)cc1. The molecule has 1 atom stereocenters. The Kier molecular flexibility index (Phi) is 7.04. The van der Waals surface area contributed by atoms with Crippen molar-refractivity contribution in [2.75, 3.05) is 27.4 Å². The second-order valence-electron chi connectivity index (χ2n) is 9.64. The van der Waals surface area contributed by atoms with Gasteiger partial charge >= 0.3 is 0 Å². The van der Waals surface area contributed by atoms with Crippen LogP contribution in [0.15, 0.2) is 78.9 Å². The zero-order chi connectivity index (χ0) is 26.6. The van der Waals surface area contributed by atoms with E-state index in [4.69, 9.17) is 0 Å². The summed E-state index contributed by atoms with van der Waals surface area (Å²) < 4.78 is 0. The van der Waals surface area contributed by atoms with E-state index in [1.54, 1.807) is 4.90 Å². The predicted octanol–water partition coefficient (Wildman–Crippen LogP) is 5.88. The van der Waals surface area contributed by atoms with Crippen molar-refractivity contribution < 1.29 is 9.59 Å². The van der Waals surface area contributed by atoms with Gasteiger partial charge < -0.3 is 20.9 Å². The van der Waals surface area contributed by atoms with Crippen LogP contribution in [0.3, 0.4) is 0 Å². The van der Waals surface area contributed by atoms with Gasteiger partial charge in [-0.2, -0.15) is 4.98 Å². The second-order valence-corrected chi connectivity index (χ2v) is 9.64. The first kappa shape index (κ1) is 25.0. The van der Waals surface area contributed by atoms with E-state index in [9.17, 15) is 9.59 Å². The van der Waals surface area contributed by atoms with Crippen LogP contribution < -0.4 is 20.9 Å². The first-order valence-corrected chi connectivity index (χ1v) is 12.6. The molecule has 3 N–H and O–H groups in total. The standard InChI is InChI=1S/C30H30N6O2/c1-19-4-8-25(9-5-19)34-30-31-21(3)16-27(35-30)32-23-10-12-24(13-11-23)33-29(38)22-17-28(37)36(18-22)26-14-6-20(2)7-15-26/h4-16,22H,17-18H2,1-3H3,(H,33,38)(H2,31,32,34,35). The van der Waals surface area contributed by atoms with Crippen molar-refractivity contribution >= 4 is 46.3 Å². The Morgan fingerprint density at radius 3 is 2.05 bits per heavy atom. The third kappa shape index (κ3) is 5.98. The van der Waals surface area contributed by atoms with Gasteiger partial charge in [0, 0.05) is 47.5 Å². The van der Waals surface area contributed by atoms with Gasteiger partial charge in [-0.05, 0) is 69.3 Å². The molecule has 2 amide bonds. The molecular formula is C30H30N6O2. The van der Waals surface area contributed by atoms with Crippen molar-refractivity contribution in [1.29, 1.82) is 0 Å². The molecule has 5 rings (SSSR count). The highest BCUT2D eigenvalue weighted by Crippen LogP contribution is 2.27. The van der Waals surface area contributed by atoms with Gasteiger partial charge in [-0.1, -0.05) is 35.4 Å². The highest BCUT2D eigenvalue weighted by atomic mass is 16.2. The fourth-order valence-electron chi connectivity index (χ4n) is 4.34. The van der Waals surface area contributed by atoms with Gasteiger partial charge in [-0.25, -0.2) is 4.98 Å². The number of hydrogen-bond donors (Lipinski definition) is 3. The molecule has 8 nitrogen and oxygen atoms in total. The lowest BCUT2D eigenvalue weighted by atomic mass is 10.1. The second kappa shape index (κ2) is 10.7. The molecule has 0 radical (unpaired) electrons. The van der Waals surface area contributed by atoms with E-state index in [1.807, 2.05) is 99.6 Å². The van der Waals surface area contributed by atoms with E-state index in [-0.39, 0.29) is 18.2 Å². The average Bonchev–Trinajstić information content (AvgIpc) is 3.28. The highest BCUT2D eigenvalue weighted by molar-refractivity contribution is 6.03. The molecule has 0 spiro atoms. The van der Waals surface area contributed by atoms with Crippen LogP contribution in [0.5, 0.6) is 0 Å². The lowest BCUT2D eigenvalue weighted by molar-refractivity contribution is -0.122. The monoisotopic (exact) mass is 506 g/mol. The number of aryl methyl sites for hydroxylation is 3. The van der Waals surface area contributed by atoms with Crippen LogP contribution in [0.4, 0.5) is 34.5 Å². The molecule has 2 heterocycles. The van der Waals surface area contributed by atoms with Crippen LogP contribution >= 0.6 is 0 Å². The number of nitrogens with zero attached hydrogens (tertiary/aromatic N) is 3. The molecule has 1 aliphatic heterocycles. The first-order chi connectivity index (χ1) is 18.3. The number of aromatic nitrogens is 2. The van der Waals surface area contributed by atoms with Crippen LogP contribution in [0.25, 0.3) is 0 Å². The smallest absolute Gasteiger partial charge is 0.229 e. The summed E-state index contributed by atoms with van der Waals surface area (Å²) >= 11 is 0.